The van der Waals surface area contributed by atoms with Gasteiger partial charge in [-0.25, -0.2) is 0 Å². The summed E-state index contributed by atoms with van der Waals surface area (Å²) in [5.74, 6) is 1.84. The number of nitrogens with zero attached hydrogens (tertiary/aromatic N) is 1. The normalized spacial score (nSPS) is 33.6. The van der Waals surface area contributed by atoms with E-state index < -0.39 is 0 Å². The zero-order valence-corrected chi connectivity index (χ0v) is 8.88. The maximum atomic E-state index is 2.50. The number of likely N-dealkylation sites (tertiary alicyclic amines) is 1. The quantitative estimate of drug-likeness (QED) is 0.550. The predicted octanol–water partition coefficient (Wildman–Crippen LogP) is 2.81. The van der Waals surface area contributed by atoms with Crippen molar-refractivity contribution < 1.29 is 0 Å². The Bertz CT molecular complexity index is 262. The molecule has 1 saturated carbocycles. The molecule has 1 saturated heterocycles. The van der Waals surface area contributed by atoms with Gasteiger partial charge in [0.2, 0.25) is 0 Å². The number of hydrogen-bond acceptors (Lipinski definition) is 1. The number of likely N-dealkylation sites (N-methyl/N-ethyl adjacent to an activating group) is 1. The highest BCUT2D eigenvalue weighted by Crippen LogP contribution is 2.48. The first-order valence-electron chi connectivity index (χ1n) is 5.48. The first-order valence-corrected chi connectivity index (χ1v) is 5.48. The van der Waals surface area contributed by atoms with E-state index >= 15 is 0 Å². The first kappa shape index (κ1) is 8.86. The Morgan fingerprint density at radius 3 is 2.69 bits per heavy atom. The van der Waals surface area contributed by atoms with Crippen LogP contribution in [-0.4, -0.2) is 18.5 Å². The lowest BCUT2D eigenvalue weighted by Gasteiger charge is -2.14. The maximum Gasteiger partial charge on any atom is 0.0356 e. The van der Waals surface area contributed by atoms with Crippen LogP contribution < -0.4 is 0 Å². The molecule has 72 valence electrons. The molecule has 13 heavy (non-hydrogen) atoms. The van der Waals surface area contributed by atoms with Crippen molar-refractivity contribution in [3.05, 3.63) is 23.4 Å². The molecule has 0 N–H and O–H groups in total. The summed E-state index contributed by atoms with van der Waals surface area (Å²) >= 11 is 0. The molecule has 1 aliphatic heterocycles. The van der Waals surface area contributed by atoms with E-state index in [2.05, 4.69) is 24.1 Å². The van der Waals surface area contributed by atoms with Crippen molar-refractivity contribution in [1.82, 2.24) is 4.90 Å². The molecule has 3 aliphatic rings. The van der Waals surface area contributed by atoms with Crippen LogP contribution in [0.4, 0.5) is 0 Å². The van der Waals surface area contributed by atoms with Crippen LogP contribution in [-0.2, 0) is 0 Å². The standard InChI is InChI=1S/C10H13N.C2H6/c1-11-3-2-7-4-8-5-9(8)6-10(7)11;1-2/h4,6,8-9H,2-3,5H2,1H3;1-2H3. The van der Waals surface area contributed by atoms with Gasteiger partial charge in [-0.3, -0.25) is 0 Å². The Kier molecular flexibility index (Phi) is 2.19. The van der Waals surface area contributed by atoms with Crippen LogP contribution >= 0.6 is 0 Å². The van der Waals surface area contributed by atoms with Crippen molar-refractivity contribution >= 4 is 0 Å². The van der Waals surface area contributed by atoms with E-state index in [1.165, 1.54) is 25.1 Å². The lowest BCUT2D eigenvalue weighted by molar-refractivity contribution is 0.479. The molecule has 3 rings (SSSR count). The van der Waals surface area contributed by atoms with Crippen LogP contribution in [0.5, 0.6) is 0 Å². The van der Waals surface area contributed by atoms with Crippen molar-refractivity contribution in [3.63, 3.8) is 0 Å². The summed E-state index contributed by atoms with van der Waals surface area (Å²) in [6, 6.07) is 0. The van der Waals surface area contributed by atoms with Crippen molar-refractivity contribution in [3.8, 4) is 0 Å². The SMILES string of the molecule is CC.CN1CCC2=CC3CC3C=C21. The van der Waals surface area contributed by atoms with Gasteiger partial charge in [-0.2, -0.15) is 0 Å². The molecule has 0 radical (unpaired) electrons. The van der Waals surface area contributed by atoms with E-state index in [-0.39, 0.29) is 0 Å². The fourth-order valence-electron chi connectivity index (χ4n) is 2.26. The van der Waals surface area contributed by atoms with Crippen LogP contribution in [0.15, 0.2) is 23.4 Å². The van der Waals surface area contributed by atoms with E-state index in [9.17, 15) is 0 Å². The summed E-state index contributed by atoms with van der Waals surface area (Å²) in [5.41, 5.74) is 3.15. The second kappa shape index (κ2) is 3.21. The van der Waals surface area contributed by atoms with Gasteiger partial charge >= 0.3 is 0 Å². The second-order valence-electron chi connectivity index (χ2n) is 3.98. The average Bonchev–Trinajstić information content (AvgIpc) is 2.85. The van der Waals surface area contributed by atoms with E-state index in [1.54, 1.807) is 5.57 Å². The monoisotopic (exact) mass is 177 g/mol. The lowest BCUT2D eigenvalue weighted by atomic mass is 10.0. The number of hydrogen-bond donors (Lipinski definition) is 0. The molecule has 2 aliphatic carbocycles. The molecule has 2 fully saturated rings. The minimum absolute atomic E-state index is 0.911. The van der Waals surface area contributed by atoms with E-state index in [0.29, 0.717) is 0 Å². The molecule has 0 aromatic rings. The third kappa shape index (κ3) is 1.41. The molecular weight excluding hydrogens is 158 g/mol. The molecule has 0 aromatic heterocycles. The van der Waals surface area contributed by atoms with Gasteiger partial charge < -0.3 is 4.90 Å². The Labute approximate surface area is 81.1 Å². The largest absolute Gasteiger partial charge is 0.374 e. The van der Waals surface area contributed by atoms with E-state index in [0.717, 1.165) is 11.8 Å². The molecule has 0 spiro atoms. The Morgan fingerprint density at radius 2 is 1.92 bits per heavy atom. The second-order valence-corrected chi connectivity index (χ2v) is 3.98. The van der Waals surface area contributed by atoms with Gasteiger partial charge in [-0.05, 0) is 30.3 Å². The van der Waals surface area contributed by atoms with Crippen molar-refractivity contribution in [2.45, 2.75) is 26.7 Å². The van der Waals surface area contributed by atoms with Gasteiger partial charge in [0.25, 0.3) is 0 Å². The lowest BCUT2D eigenvalue weighted by Crippen LogP contribution is -2.11. The highest BCUT2D eigenvalue weighted by atomic mass is 15.1. The summed E-state index contributed by atoms with van der Waals surface area (Å²) in [7, 11) is 2.20. The smallest absolute Gasteiger partial charge is 0.0356 e. The third-order valence-corrected chi connectivity index (χ3v) is 3.14. The van der Waals surface area contributed by atoms with Gasteiger partial charge in [0.05, 0.1) is 0 Å². The Balaban J connectivity index is 0.000000308. The minimum Gasteiger partial charge on any atom is -0.374 e. The van der Waals surface area contributed by atoms with E-state index in [1.807, 2.05) is 13.8 Å². The highest BCUT2D eigenvalue weighted by Gasteiger charge is 2.39. The molecule has 0 bridgehead atoms. The van der Waals surface area contributed by atoms with Gasteiger partial charge in [0, 0.05) is 19.3 Å². The van der Waals surface area contributed by atoms with Crippen molar-refractivity contribution in [1.29, 1.82) is 0 Å². The van der Waals surface area contributed by atoms with Gasteiger partial charge in [-0.1, -0.05) is 26.0 Å². The summed E-state index contributed by atoms with van der Waals surface area (Å²) in [6.45, 7) is 5.23. The van der Waals surface area contributed by atoms with Gasteiger partial charge in [0.15, 0.2) is 0 Å². The van der Waals surface area contributed by atoms with Crippen LogP contribution in [0, 0.1) is 11.8 Å². The summed E-state index contributed by atoms with van der Waals surface area (Å²) in [5, 5.41) is 0. The number of allylic oxidation sites excluding steroid dienone is 3. The van der Waals surface area contributed by atoms with Crippen molar-refractivity contribution in [2.24, 2.45) is 11.8 Å². The van der Waals surface area contributed by atoms with Crippen LogP contribution in [0.25, 0.3) is 0 Å². The molecule has 2 unspecified atom stereocenters. The predicted molar refractivity (Wildman–Crippen MR) is 56.4 cm³/mol. The van der Waals surface area contributed by atoms with Gasteiger partial charge in [0.1, 0.15) is 0 Å². The fourth-order valence-corrected chi connectivity index (χ4v) is 2.26. The Morgan fingerprint density at radius 1 is 1.23 bits per heavy atom. The fraction of sp³-hybridized carbons (Fsp3) is 0.667. The number of rotatable bonds is 0. The van der Waals surface area contributed by atoms with Crippen molar-refractivity contribution in [2.75, 3.05) is 13.6 Å². The summed E-state index contributed by atoms with van der Waals surface area (Å²) < 4.78 is 0. The number of fused-ring (bicyclic) bond motifs is 2. The maximum absolute atomic E-state index is 2.50. The minimum atomic E-state index is 0.911. The van der Waals surface area contributed by atoms with Crippen LogP contribution in [0.2, 0.25) is 0 Å². The molecule has 0 amide bonds. The van der Waals surface area contributed by atoms with Crippen LogP contribution in [0.1, 0.15) is 26.7 Å². The van der Waals surface area contributed by atoms with E-state index in [4.69, 9.17) is 0 Å². The topological polar surface area (TPSA) is 3.24 Å². The molecule has 1 heteroatoms. The molecule has 2 atom stereocenters. The molecule has 1 heterocycles. The third-order valence-electron chi connectivity index (χ3n) is 3.14. The average molecular weight is 177 g/mol. The first-order chi connectivity index (χ1) is 6.34. The van der Waals surface area contributed by atoms with Crippen LogP contribution in [0.3, 0.4) is 0 Å². The zero-order valence-electron chi connectivity index (χ0n) is 8.88. The zero-order chi connectivity index (χ0) is 9.42. The highest BCUT2D eigenvalue weighted by molar-refractivity contribution is 5.41. The summed E-state index contributed by atoms with van der Waals surface area (Å²) in [6.07, 6.45) is 7.68. The van der Waals surface area contributed by atoms with Gasteiger partial charge in [-0.15, -0.1) is 0 Å². The molecular formula is C12H19N. The molecule has 0 aromatic carbocycles. The molecule has 1 nitrogen and oxygen atoms in total. The summed E-state index contributed by atoms with van der Waals surface area (Å²) in [4.78, 5) is 2.39. The Hall–Kier alpha value is -0.720.